The number of likely N-dealkylation sites (tertiary alicyclic amines) is 1. The van der Waals surface area contributed by atoms with E-state index in [1.807, 2.05) is 0 Å². The first-order valence-electron chi connectivity index (χ1n) is 9.02. The number of nitrogens with one attached hydrogen (secondary N) is 1. The van der Waals surface area contributed by atoms with Crippen molar-refractivity contribution in [3.05, 3.63) is 36.2 Å². The zero-order valence-electron chi connectivity index (χ0n) is 14.4. The fraction of sp³-hybridized carbons (Fsp3) is 0.421. The summed E-state index contributed by atoms with van der Waals surface area (Å²) < 4.78 is 5.60. The summed E-state index contributed by atoms with van der Waals surface area (Å²) in [7, 11) is 0. The Morgan fingerprint density at radius 3 is 2.85 bits per heavy atom. The Morgan fingerprint density at radius 2 is 2.04 bits per heavy atom. The van der Waals surface area contributed by atoms with Crippen molar-refractivity contribution in [3.63, 3.8) is 0 Å². The van der Waals surface area contributed by atoms with Crippen molar-refractivity contribution >= 4 is 29.2 Å². The number of carbonyl (C=O) groups excluding carboxylic acids is 1. The van der Waals surface area contributed by atoms with Gasteiger partial charge < -0.3 is 10.1 Å². The van der Waals surface area contributed by atoms with E-state index in [1.165, 1.54) is 10.5 Å². The number of ether oxygens (including phenoxy) is 1. The lowest BCUT2D eigenvalue weighted by atomic mass is 9.88. The van der Waals surface area contributed by atoms with Gasteiger partial charge in [-0.3, -0.25) is 9.69 Å². The molecular weight excluding hydrogens is 348 g/mol. The molecule has 0 saturated carbocycles. The maximum atomic E-state index is 11.5. The minimum atomic E-state index is -0.177. The fourth-order valence-corrected chi connectivity index (χ4v) is 4.86. The van der Waals surface area contributed by atoms with Crippen molar-refractivity contribution in [1.29, 1.82) is 0 Å². The van der Waals surface area contributed by atoms with Gasteiger partial charge in [-0.1, -0.05) is 17.8 Å². The Morgan fingerprint density at radius 1 is 1.19 bits per heavy atom. The van der Waals surface area contributed by atoms with Gasteiger partial charge in [0.1, 0.15) is 10.6 Å². The number of benzene rings is 1. The molecule has 0 bridgehead atoms. The minimum Gasteiger partial charge on any atom is -0.459 e. The SMILES string of the molecule is O=C1CCC2(CCN(Cc3ccc4c(c3)Nc3nccnc3S4)CC2)O1. The van der Waals surface area contributed by atoms with Crippen molar-refractivity contribution in [2.24, 2.45) is 0 Å². The molecule has 0 amide bonds. The van der Waals surface area contributed by atoms with Crippen LogP contribution in [0.25, 0.3) is 0 Å². The first kappa shape index (κ1) is 16.1. The van der Waals surface area contributed by atoms with E-state index in [4.69, 9.17) is 4.74 Å². The third-order valence-electron chi connectivity index (χ3n) is 5.46. The van der Waals surface area contributed by atoms with Crippen LogP contribution in [0.2, 0.25) is 0 Å². The number of fused-ring (bicyclic) bond motifs is 2. The van der Waals surface area contributed by atoms with Crippen molar-refractivity contribution in [1.82, 2.24) is 14.9 Å². The van der Waals surface area contributed by atoms with Gasteiger partial charge in [-0.15, -0.1) is 0 Å². The molecule has 0 atom stereocenters. The second kappa shape index (κ2) is 6.25. The summed E-state index contributed by atoms with van der Waals surface area (Å²) in [4.78, 5) is 23.8. The summed E-state index contributed by atoms with van der Waals surface area (Å²) in [5.41, 5.74) is 2.20. The van der Waals surface area contributed by atoms with Crippen LogP contribution in [0.3, 0.4) is 0 Å². The summed E-state index contributed by atoms with van der Waals surface area (Å²) >= 11 is 1.65. The molecule has 3 aliphatic rings. The summed E-state index contributed by atoms with van der Waals surface area (Å²) in [6, 6.07) is 6.55. The standard InChI is InChI=1S/C19H20N4O2S/c24-16-3-4-19(25-16)5-9-23(10-6-19)12-13-1-2-15-14(11-13)22-17-18(26-15)21-8-7-20-17/h1-2,7-8,11H,3-6,9-10,12H2,(H,20,22). The van der Waals surface area contributed by atoms with E-state index in [0.29, 0.717) is 6.42 Å². The highest BCUT2D eigenvalue weighted by atomic mass is 32.2. The van der Waals surface area contributed by atoms with Gasteiger partial charge in [0.15, 0.2) is 5.82 Å². The molecule has 1 spiro atoms. The van der Waals surface area contributed by atoms with Gasteiger partial charge >= 0.3 is 5.97 Å². The highest BCUT2D eigenvalue weighted by Gasteiger charge is 2.42. The predicted molar refractivity (Wildman–Crippen MR) is 98.4 cm³/mol. The molecule has 134 valence electrons. The molecule has 1 N–H and O–H groups in total. The summed E-state index contributed by atoms with van der Waals surface area (Å²) in [5.74, 6) is 0.796. The van der Waals surface area contributed by atoms with Crippen LogP contribution in [0, 0.1) is 0 Å². The molecule has 0 radical (unpaired) electrons. The number of esters is 1. The first-order valence-corrected chi connectivity index (χ1v) is 9.84. The normalized spacial score (nSPS) is 21.0. The number of hydrogen-bond acceptors (Lipinski definition) is 7. The molecule has 5 rings (SSSR count). The minimum absolute atomic E-state index is 0.0277. The maximum absolute atomic E-state index is 11.5. The average molecular weight is 368 g/mol. The van der Waals surface area contributed by atoms with Crippen LogP contribution in [-0.2, 0) is 16.1 Å². The van der Waals surface area contributed by atoms with E-state index < -0.39 is 0 Å². The lowest BCUT2D eigenvalue weighted by Crippen LogP contribution is -2.43. The highest BCUT2D eigenvalue weighted by Crippen LogP contribution is 2.42. The molecule has 6 nitrogen and oxygen atoms in total. The number of nitrogens with zero attached hydrogens (tertiary/aromatic N) is 3. The van der Waals surface area contributed by atoms with Crippen LogP contribution in [0.5, 0.6) is 0 Å². The molecule has 1 aromatic carbocycles. The largest absolute Gasteiger partial charge is 0.459 e. The van der Waals surface area contributed by atoms with Gasteiger partial charge in [-0.2, -0.15) is 0 Å². The van der Waals surface area contributed by atoms with Crippen LogP contribution in [-0.4, -0.2) is 39.5 Å². The highest BCUT2D eigenvalue weighted by molar-refractivity contribution is 7.99. The monoisotopic (exact) mass is 368 g/mol. The average Bonchev–Trinajstić information content (AvgIpc) is 3.02. The van der Waals surface area contributed by atoms with E-state index in [0.717, 1.165) is 55.4 Å². The van der Waals surface area contributed by atoms with E-state index >= 15 is 0 Å². The Kier molecular flexibility index (Phi) is 3.86. The summed E-state index contributed by atoms with van der Waals surface area (Å²) in [6.07, 6.45) is 6.79. The number of piperidine rings is 1. The predicted octanol–water partition coefficient (Wildman–Crippen LogP) is 3.36. The molecule has 26 heavy (non-hydrogen) atoms. The summed E-state index contributed by atoms with van der Waals surface area (Å²) in [6.45, 7) is 2.86. The van der Waals surface area contributed by atoms with Crippen LogP contribution in [0.4, 0.5) is 11.5 Å². The van der Waals surface area contributed by atoms with Gasteiger partial charge in [0.05, 0.1) is 5.69 Å². The van der Waals surface area contributed by atoms with Crippen LogP contribution < -0.4 is 5.32 Å². The smallest absolute Gasteiger partial charge is 0.306 e. The fourth-order valence-electron chi connectivity index (χ4n) is 3.98. The second-order valence-electron chi connectivity index (χ2n) is 7.20. The third kappa shape index (κ3) is 2.95. The Bertz CT molecular complexity index is 864. The van der Waals surface area contributed by atoms with E-state index in [-0.39, 0.29) is 11.6 Å². The molecule has 7 heteroatoms. The van der Waals surface area contributed by atoms with Crippen molar-refractivity contribution < 1.29 is 9.53 Å². The number of hydrogen-bond donors (Lipinski definition) is 1. The molecule has 2 fully saturated rings. The Balaban J connectivity index is 1.26. The molecule has 2 aromatic rings. The van der Waals surface area contributed by atoms with Crippen LogP contribution in [0.1, 0.15) is 31.2 Å². The van der Waals surface area contributed by atoms with Crippen LogP contribution >= 0.6 is 11.8 Å². The summed E-state index contributed by atoms with van der Waals surface area (Å²) in [5, 5.41) is 4.31. The number of aromatic nitrogens is 2. The Labute approximate surface area is 156 Å². The van der Waals surface area contributed by atoms with Crippen LogP contribution in [0.15, 0.2) is 40.5 Å². The van der Waals surface area contributed by atoms with E-state index in [1.54, 1.807) is 24.2 Å². The molecule has 1 aromatic heterocycles. The zero-order chi connectivity index (χ0) is 17.6. The van der Waals surface area contributed by atoms with Gasteiger partial charge in [0.2, 0.25) is 0 Å². The molecule has 3 aliphatic heterocycles. The second-order valence-corrected chi connectivity index (χ2v) is 8.23. The van der Waals surface area contributed by atoms with E-state index in [9.17, 15) is 4.79 Å². The third-order valence-corrected chi connectivity index (χ3v) is 6.52. The van der Waals surface area contributed by atoms with Gasteiger partial charge in [-0.25, -0.2) is 9.97 Å². The van der Waals surface area contributed by atoms with Gasteiger partial charge in [0, 0.05) is 56.2 Å². The number of anilines is 2. The van der Waals surface area contributed by atoms with Gasteiger partial charge in [0.25, 0.3) is 0 Å². The van der Waals surface area contributed by atoms with E-state index in [2.05, 4.69) is 38.4 Å². The number of carbonyl (C=O) groups is 1. The number of rotatable bonds is 2. The first-order chi connectivity index (χ1) is 12.7. The lowest BCUT2D eigenvalue weighted by molar-refractivity contribution is -0.152. The van der Waals surface area contributed by atoms with Crippen molar-refractivity contribution in [2.45, 2.75) is 47.8 Å². The molecule has 2 saturated heterocycles. The zero-order valence-corrected chi connectivity index (χ0v) is 15.2. The maximum Gasteiger partial charge on any atom is 0.306 e. The van der Waals surface area contributed by atoms with Crippen molar-refractivity contribution in [2.75, 3.05) is 18.4 Å². The van der Waals surface area contributed by atoms with Gasteiger partial charge in [-0.05, 0) is 24.1 Å². The lowest BCUT2D eigenvalue weighted by Gasteiger charge is -2.38. The Hall–Kier alpha value is -2.12. The molecule has 4 heterocycles. The topological polar surface area (TPSA) is 67.4 Å². The molecule has 0 unspecified atom stereocenters. The molecular formula is C19H20N4O2S. The quantitative estimate of drug-likeness (QED) is 0.696. The van der Waals surface area contributed by atoms with Crippen molar-refractivity contribution in [3.8, 4) is 0 Å². The molecule has 0 aliphatic carbocycles.